The van der Waals surface area contributed by atoms with Gasteiger partial charge < -0.3 is 9.88 Å². The minimum Gasteiger partial charge on any atom is -0.359 e. The van der Waals surface area contributed by atoms with Crippen LogP contribution in [0.3, 0.4) is 0 Å². The number of hydrogen-bond acceptors (Lipinski definition) is 6. The van der Waals surface area contributed by atoms with Crippen LogP contribution in [0.4, 0.5) is 5.82 Å². The number of aryl methyl sites for hydroxylation is 1. The molecule has 0 radical (unpaired) electrons. The van der Waals surface area contributed by atoms with Crippen molar-refractivity contribution in [2.24, 2.45) is 5.92 Å². The molecule has 0 aliphatic carbocycles. The molecule has 0 saturated heterocycles. The average Bonchev–Trinajstić information content (AvgIpc) is 3.36. The van der Waals surface area contributed by atoms with E-state index < -0.39 is 0 Å². The van der Waals surface area contributed by atoms with Crippen molar-refractivity contribution < 1.29 is 0 Å². The summed E-state index contributed by atoms with van der Waals surface area (Å²) in [5.74, 6) is 3.85. The number of aromatic nitrogens is 6. The van der Waals surface area contributed by atoms with E-state index in [1.807, 2.05) is 30.3 Å². The van der Waals surface area contributed by atoms with E-state index in [2.05, 4.69) is 45.0 Å². The first-order chi connectivity index (χ1) is 14.2. The normalized spacial score (nSPS) is 14.3. The second-order valence-electron chi connectivity index (χ2n) is 7.75. The van der Waals surface area contributed by atoms with Crippen molar-refractivity contribution in [3.05, 3.63) is 60.4 Å². The predicted molar refractivity (Wildman–Crippen MR) is 112 cm³/mol. The molecule has 29 heavy (non-hydrogen) atoms. The van der Waals surface area contributed by atoms with Crippen LogP contribution in [-0.4, -0.2) is 29.7 Å². The Labute approximate surface area is 169 Å². The highest BCUT2D eigenvalue weighted by atomic mass is 15.3. The molecule has 0 fully saturated rings. The maximum atomic E-state index is 4.88. The number of benzene rings is 1. The van der Waals surface area contributed by atoms with Crippen LogP contribution in [0.15, 0.2) is 48.8 Å². The van der Waals surface area contributed by atoms with E-state index >= 15 is 0 Å². The van der Waals surface area contributed by atoms with E-state index in [4.69, 9.17) is 9.97 Å². The Morgan fingerprint density at radius 2 is 1.93 bits per heavy atom. The Morgan fingerprint density at radius 1 is 1.03 bits per heavy atom. The molecule has 0 spiro atoms. The van der Waals surface area contributed by atoms with Gasteiger partial charge in [0, 0.05) is 36.3 Å². The van der Waals surface area contributed by atoms with Gasteiger partial charge in [0.05, 0.1) is 11.6 Å². The van der Waals surface area contributed by atoms with Crippen LogP contribution in [0.5, 0.6) is 0 Å². The first kappa shape index (κ1) is 17.7. The fourth-order valence-corrected chi connectivity index (χ4v) is 3.89. The van der Waals surface area contributed by atoms with Gasteiger partial charge in [0.2, 0.25) is 0 Å². The third kappa shape index (κ3) is 3.22. The van der Waals surface area contributed by atoms with Gasteiger partial charge in [-0.1, -0.05) is 26.0 Å². The van der Waals surface area contributed by atoms with Gasteiger partial charge in [-0.25, -0.2) is 9.97 Å². The number of nitrogens with one attached hydrogen (secondary N) is 1. The zero-order valence-electron chi connectivity index (χ0n) is 16.6. The molecule has 7 heteroatoms. The largest absolute Gasteiger partial charge is 0.359 e. The third-order valence-corrected chi connectivity index (χ3v) is 5.40. The molecule has 5 rings (SSSR count). The van der Waals surface area contributed by atoms with Gasteiger partial charge in [-0.3, -0.25) is 4.98 Å². The molecule has 1 atom stereocenters. The van der Waals surface area contributed by atoms with Crippen LogP contribution >= 0.6 is 0 Å². The molecule has 7 nitrogen and oxygen atoms in total. The summed E-state index contributed by atoms with van der Waals surface area (Å²) in [5, 5.41) is 13.6. The van der Waals surface area contributed by atoms with Gasteiger partial charge in [-0.05, 0) is 36.6 Å². The minimum absolute atomic E-state index is 0.00871. The highest BCUT2D eigenvalue weighted by Gasteiger charge is 2.27. The molecule has 0 bridgehead atoms. The first-order valence-corrected chi connectivity index (χ1v) is 10.1. The molecule has 0 amide bonds. The van der Waals surface area contributed by atoms with Crippen LogP contribution in [0, 0.1) is 5.92 Å². The lowest BCUT2D eigenvalue weighted by molar-refractivity contribution is 0.495. The summed E-state index contributed by atoms with van der Waals surface area (Å²) < 4.78 is 2.25. The molecule has 4 aromatic rings. The van der Waals surface area contributed by atoms with Crippen molar-refractivity contribution in [3.8, 4) is 11.4 Å². The lowest BCUT2D eigenvalue weighted by Gasteiger charge is -2.23. The molecule has 1 N–H and O–H groups in total. The van der Waals surface area contributed by atoms with Crippen molar-refractivity contribution in [1.82, 2.24) is 29.7 Å². The van der Waals surface area contributed by atoms with Gasteiger partial charge >= 0.3 is 0 Å². The molecular formula is C22H23N7. The summed E-state index contributed by atoms with van der Waals surface area (Å²) in [6, 6.07) is 12.0. The maximum Gasteiger partial charge on any atom is 0.163 e. The second-order valence-corrected chi connectivity index (χ2v) is 7.75. The predicted octanol–water partition coefficient (Wildman–Crippen LogP) is 4.04. The fourth-order valence-electron chi connectivity index (χ4n) is 3.89. The molecule has 1 aliphatic rings. The quantitative estimate of drug-likeness (QED) is 0.558. The van der Waals surface area contributed by atoms with E-state index in [0.29, 0.717) is 11.7 Å². The number of hydrogen-bond donors (Lipinski definition) is 1. The maximum absolute atomic E-state index is 4.88. The number of nitrogens with zero attached hydrogens (tertiary/aromatic N) is 6. The Bertz CT molecular complexity index is 1150. The topological polar surface area (TPSA) is 81.4 Å². The van der Waals surface area contributed by atoms with Crippen molar-refractivity contribution in [2.75, 3.05) is 5.32 Å². The SMILES string of the molecule is CC(C)C(Nc1nc(-c2cccnc2)nc2ccccc12)c1nnc2n1CCC2. The van der Waals surface area contributed by atoms with E-state index in [1.54, 1.807) is 12.4 Å². The molecule has 4 heterocycles. The van der Waals surface area contributed by atoms with Crippen molar-refractivity contribution in [1.29, 1.82) is 0 Å². The van der Waals surface area contributed by atoms with Crippen molar-refractivity contribution in [3.63, 3.8) is 0 Å². The fraction of sp³-hybridized carbons (Fsp3) is 0.318. The van der Waals surface area contributed by atoms with Gasteiger partial charge in [0.15, 0.2) is 11.6 Å². The molecule has 146 valence electrons. The summed E-state index contributed by atoms with van der Waals surface area (Å²) in [7, 11) is 0. The van der Waals surface area contributed by atoms with E-state index in [9.17, 15) is 0 Å². The van der Waals surface area contributed by atoms with Crippen LogP contribution in [0.2, 0.25) is 0 Å². The number of para-hydroxylation sites is 1. The summed E-state index contributed by atoms with van der Waals surface area (Å²) >= 11 is 0. The number of anilines is 1. The van der Waals surface area contributed by atoms with E-state index in [-0.39, 0.29) is 6.04 Å². The summed E-state index contributed by atoms with van der Waals surface area (Å²) in [6.45, 7) is 5.37. The van der Waals surface area contributed by atoms with Gasteiger partial charge in [-0.2, -0.15) is 0 Å². The monoisotopic (exact) mass is 385 g/mol. The Kier molecular flexibility index (Phi) is 4.42. The smallest absolute Gasteiger partial charge is 0.163 e. The molecule has 1 aromatic carbocycles. The number of fused-ring (bicyclic) bond motifs is 2. The van der Waals surface area contributed by atoms with E-state index in [1.165, 1.54) is 0 Å². The van der Waals surface area contributed by atoms with Crippen LogP contribution in [-0.2, 0) is 13.0 Å². The van der Waals surface area contributed by atoms with Gasteiger partial charge in [-0.15, -0.1) is 10.2 Å². The van der Waals surface area contributed by atoms with E-state index in [0.717, 1.165) is 53.3 Å². The summed E-state index contributed by atoms with van der Waals surface area (Å²) in [6.07, 6.45) is 5.67. The summed E-state index contributed by atoms with van der Waals surface area (Å²) in [4.78, 5) is 13.8. The Hall–Kier alpha value is -3.35. The highest BCUT2D eigenvalue weighted by Crippen LogP contribution is 2.31. The molecule has 0 saturated carbocycles. The molecular weight excluding hydrogens is 362 g/mol. The Morgan fingerprint density at radius 3 is 2.76 bits per heavy atom. The molecule has 1 aliphatic heterocycles. The number of pyridine rings is 1. The van der Waals surface area contributed by atoms with Crippen LogP contribution in [0.25, 0.3) is 22.3 Å². The zero-order chi connectivity index (χ0) is 19.8. The summed E-state index contributed by atoms with van der Waals surface area (Å²) in [5.41, 5.74) is 1.80. The lowest BCUT2D eigenvalue weighted by atomic mass is 10.0. The zero-order valence-corrected chi connectivity index (χ0v) is 16.6. The van der Waals surface area contributed by atoms with Crippen LogP contribution < -0.4 is 5.32 Å². The molecule has 1 unspecified atom stereocenters. The van der Waals surface area contributed by atoms with Gasteiger partial charge in [0.1, 0.15) is 11.6 Å². The standard InChI is InChI=1S/C22H23N7/c1-14(2)19(22-28-27-18-10-6-12-29(18)22)25-21-16-8-3-4-9-17(16)24-20(26-21)15-7-5-11-23-13-15/h3-5,7-9,11,13-14,19H,6,10,12H2,1-2H3,(H,24,25,26). The third-order valence-electron chi connectivity index (χ3n) is 5.40. The minimum atomic E-state index is 0.00871. The average molecular weight is 385 g/mol. The first-order valence-electron chi connectivity index (χ1n) is 10.1. The highest BCUT2D eigenvalue weighted by molar-refractivity contribution is 5.90. The number of rotatable bonds is 5. The van der Waals surface area contributed by atoms with Gasteiger partial charge in [0.25, 0.3) is 0 Å². The van der Waals surface area contributed by atoms with Crippen molar-refractivity contribution in [2.45, 2.75) is 39.3 Å². The lowest BCUT2D eigenvalue weighted by Crippen LogP contribution is -2.22. The van der Waals surface area contributed by atoms with Crippen molar-refractivity contribution >= 4 is 16.7 Å². The second kappa shape index (κ2) is 7.24. The Balaban J connectivity index is 1.61. The van der Waals surface area contributed by atoms with Crippen LogP contribution in [0.1, 0.15) is 38.0 Å². The molecule has 3 aromatic heterocycles.